The van der Waals surface area contributed by atoms with Crippen molar-refractivity contribution in [1.82, 2.24) is 4.90 Å². The second-order valence-electron chi connectivity index (χ2n) is 6.42. The van der Waals surface area contributed by atoms with Crippen molar-refractivity contribution in [2.75, 3.05) is 11.9 Å². The third-order valence-electron chi connectivity index (χ3n) is 4.50. The maximum Gasteiger partial charge on any atom is 0.226 e. The van der Waals surface area contributed by atoms with Crippen molar-refractivity contribution < 1.29 is 4.79 Å². The molecule has 2 aromatic carbocycles. The lowest BCUT2D eigenvalue weighted by Gasteiger charge is -2.15. The summed E-state index contributed by atoms with van der Waals surface area (Å²) in [7, 11) is 0. The fraction of sp³-hybridized carbons (Fsp3) is 0.350. The van der Waals surface area contributed by atoms with Gasteiger partial charge in [-0.2, -0.15) is 0 Å². The van der Waals surface area contributed by atoms with E-state index in [4.69, 9.17) is 5.73 Å². The molecule has 0 radical (unpaired) electrons. The number of nitrogens with one attached hydrogen (secondary N) is 1. The summed E-state index contributed by atoms with van der Waals surface area (Å²) in [4.78, 5) is 14.8. The molecule has 0 bridgehead atoms. The van der Waals surface area contributed by atoms with Gasteiger partial charge in [0, 0.05) is 31.2 Å². The number of carbonyl (C=O) groups excluding carboxylic acids is 1. The number of anilines is 1. The summed E-state index contributed by atoms with van der Waals surface area (Å²) in [5, 5.41) is 3.06. The van der Waals surface area contributed by atoms with Crippen molar-refractivity contribution in [3.63, 3.8) is 0 Å². The van der Waals surface area contributed by atoms with Crippen LogP contribution in [0.25, 0.3) is 0 Å². The van der Waals surface area contributed by atoms with Gasteiger partial charge >= 0.3 is 0 Å². The zero-order valence-corrected chi connectivity index (χ0v) is 14.2. The van der Waals surface area contributed by atoms with Gasteiger partial charge in [0.15, 0.2) is 0 Å². The standard InChI is InChI=1S/C20H25N3O/c1-2-11-23-13-16-9-6-10-19(17(16)14-23)22-20(24)12-18(21)15-7-4-3-5-8-15/h3-10,18H,2,11-14,21H2,1H3,(H,22,24). The van der Waals surface area contributed by atoms with Gasteiger partial charge in [-0.3, -0.25) is 9.69 Å². The topological polar surface area (TPSA) is 58.4 Å². The highest BCUT2D eigenvalue weighted by Gasteiger charge is 2.22. The number of rotatable bonds is 6. The summed E-state index contributed by atoms with van der Waals surface area (Å²) in [5.74, 6) is -0.0336. The lowest BCUT2D eigenvalue weighted by Crippen LogP contribution is -2.21. The maximum atomic E-state index is 12.4. The van der Waals surface area contributed by atoms with E-state index < -0.39 is 0 Å². The smallest absolute Gasteiger partial charge is 0.226 e. The van der Waals surface area contributed by atoms with Gasteiger partial charge in [0.2, 0.25) is 5.91 Å². The number of nitrogens with two attached hydrogens (primary N) is 1. The van der Waals surface area contributed by atoms with Gasteiger partial charge < -0.3 is 11.1 Å². The Morgan fingerprint density at radius 3 is 2.71 bits per heavy atom. The van der Waals surface area contributed by atoms with Gasteiger partial charge in [0.25, 0.3) is 0 Å². The molecular formula is C20H25N3O. The molecule has 0 aromatic heterocycles. The molecule has 0 aliphatic carbocycles. The molecule has 3 N–H and O–H groups in total. The predicted octanol–water partition coefficient (Wildman–Crippen LogP) is 3.44. The Labute approximate surface area is 143 Å². The van der Waals surface area contributed by atoms with E-state index in [2.05, 4.69) is 23.2 Å². The molecule has 2 aromatic rings. The van der Waals surface area contributed by atoms with Crippen LogP contribution in [0.15, 0.2) is 48.5 Å². The summed E-state index contributed by atoms with van der Waals surface area (Å²) in [5.41, 5.74) is 10.6. The first-order valence-corrected chi connectivity index (χ1v) is 8.61. The minimum Gasteiger partial charge on any atom is -0.326 e. The van der Waals surface area contributed by atoms with E-state index in [0.29, 0.717) is 0 Å². The summed E-state index contributed by atoms with van der Waals surface area (Å²) in [6.07, 6.45) is 1.42. The molecule has 0 saturated carbocycles. The molecule has 1 amide bonds. The number of fused-ring (bicyclic) bond motifs is 1. The Hall–Kier alpha value is -2.17. The normalized spacial score (nSPS) is 15.1. The van der Waals surface area contributed by atoms with Crippen LogP contribution < -0.4 is 11.1 Å². The number of carbonyl (C=O) groups is 1. The van der Waals surface area contributed by atoms with Crippen LogP contribution in [0.1, 0.15) is 42.5 Å². The quantitative estimate of drug-likeness (QED) is 0.856. The highest BCUT2D eigenvalue weighted by atomic mass is 16.1. The van der Waals surface area contributed by atoms with E-state index in [1.807, 2.05) is 42.5 Å². The molecule has 0 saturated heterocycles. The van der Waals surface area contributed by atoms with Crippen molar-refractivity contribution in [2.45, 2.75) is 38.9 Å². The second kappa shape index (κ2) is 7.60. The van der Waals surface area contributed by atoms with Crippen molar-refractivity contribution >= 4 is 11.6 Å². The van der Waals surface area contributed by atoms with Crippen LogP contribution in [0, 0.1) is 0 Å². The van der Waals surface area contributed by atoms with E-state index in [9.17, 15) is 4.79 Å². The van der Waals surface area contributed by atoms with Crippen molar-refractivity contribution in [2.24, 2.45) is 5.73 Å². The summed E-state index contributed by atoms with van der Waals surface area (Å²) in [6.45, 7) is 5.15. The Morgan fingerprint density at radius 2 is 1.96 bits per heavy atom. The third-order valence-corrected chi connectivity index (χ3v) is 4.50. The number of hydrogen-bond donors (Lipinski definition) is 2. The van der Waals surface area contributed by atoms with Gasteiger partial charge in [0.1, 0.15) is 0 Å². The lowest BCUT2D eigenvalue weighted by molar-refractivity contribution is -0.116. The van der Waals surface area contributed by atoms with Gasteiger partial charge in [-0.1, -0.05) is 49.4 Å². The molecule has 24 heavy (non-hydrogen) atoms. The van der Waals surface area contributed by atoms with Crippen LogP contribution in [0.2, 0.25) is 0 Å². The van der Waals surface area contributed by atoms with E-state index in [0.717, 1.165) is 37.3 Å². The fourth-order valence-corrected chi connectivity index (χ4v) is 3.30. The minimum absolute atomic E-state index is 0.0336. The molecule has 0 spiro atoms. The Balaban J connectivity index is 1.65. The van der Waals surface area contributed by atoms with Crippen molar-refractivity contribution in [1.29, 1.82) is 0 Å². The molecule has 1 unspecified atom stereocenters. The predicted molar refractivity (Wildman–Crippen MR) is 97.5 cm³/mol. The Kier molecular flexibility index (Phi) is 5.28. The fourth-order valence-electron chi connectivity index (χ4n) is 3.30. The molecule has 1 heterocycles. The lowest BCUT2D eigenvalue weighted by atomic mass is 10.0. The molecule has 4 heteroatoms. The van der Waals surface area contributed by atoms with Crippen LogP contribution in [-0.2, 0) is 17.9 Å². The zero-order valence-electron chi connectivity index (χ0n) is 14.2. The van der Waals surface area contributed by atoms with Gasteiger partial charge in [-0.05, 0) is 35.7 Å². The van der Waals surface area contributed by atoms with Crippen LogP contribution in [0.4, 0.5) is 5.69 Å². The number of benzene rings is 2. The van der Waals surface area contributed by atoms with Crippen molar-refractivity contribution in [3.05, 3.63) is 65.2 Å². The highest BCUT2D eigenvalue weighted by Crippen LogP contribution is 2.29. The molecular weight excluding hydrogens is 298 g/mol. The summed E-state index contributed by atoms with van der Waals surface area (Å²) < 4.78 is 0. The second-order valence-corrected chi connectivity index (χ2v) is 6.42. The maximum absolute atomic E-state index is 12.4. The zero-order chi connectivity index (χ0) is 16.9. The molecule has 126 valence electrons. The number of nitrogens with zero attached hydrogens (tertiary/aromatic N) is 1. The first-order chi connectivity index (χ1) is 11.7. The Bertz CT molecular complexity index is 699. The summed E-state index contributed by atoms with van der Waals surface area (Å²) >= 11 is 0. The molecule has 0 fully saturated rings. The summed E-state index contributed by atoms with van der Waals surface area (Å²) in [6, 6.07) is 15.6. The minimum atomic E-state index is -0.278. The van der Waals surface area contributed by atoms with E-state index in [-0.39, 0.29) is 18.4 Å². The average Bonchev–Trinajstić information content (AvgIpc) is 2.99. The van der Waals surface area contributed by atoms with Crippen LogP contribution in [0.3, 0.4) is 0 Å². The molecule has 1 atom stereocenters. The van der Waals surface area contributed by atoms with Crippen LogP contribution in [0.5, 0.6) is 0 Å². The SMILES string of the molecule is CCCN1Cc2cccc(NC(=O)CC(N)c3ccccc3)c2C1. The average molecular weight is 323 g/mol. The first kappa shape index (κ1) is 16.7. The Morgan fingerprint density at radius 1 is 1.17 bits per heavy atom. The van der Waals surface area contributed by atoms with Crippen molar-refractivity contribution in [3.8, 4) is 0 Å². The van der Waals surface area contributed by atoms with E-state index in [1.54, 1.807) is 0 Å². The van der Waals surface area contributed by atoms with Gasteiger partial charge in [0.05, 0.1) is 0 Å². The largest absolute Gasteiger partial charge is 0.326 e. The molecule has 4 nitrogen and oxygen atoms in total. The number of amides is 1. The van der Waals surface area contributed by atoms with E-state index >= 15 is 0 Å². The third kappa shape index (κ3) is 3.83. The highest BCUT2D eigenvalue weighted by molar-refractivity contribution is 5.92. The molecule has 3 rings (SSSR count). The van der Waals surface area contributed by atoms with Gasteiger partial charge in [-0.25, -0.2) is 0 Å². The van der Waals surface area contributed by atoms with Gasteiger partial charge in [-0.15, -0.1) is 0 Å². The monoisotopic (exact) mass is 323 g/mol. The van der Waals surface area contributed by atoms with Crippen LogP contribution >= 0.6 is 0 Å². The van der Waals surface area contributed by atoms with E-state index in [1.165, 1.54) is 11.1 Å². The number of hydrogen-bond acceptors (Lipinski definition) is 3. The first-order valence-electron chi connectivity index (χ1n) is 8.61. The molecule has 1 aliphatic heterocycles. The van der Waals surface area contributed by atoms with Crippen LogP contribution in [-0.4, -0.2) is 17.4 Å². The molecule has 1 aliphatic rings.